The van der Waals surface area contributed by atoms with Crippen LogP contribution >= 0.6 is 11.6 Å². The molecule has 2 saturated heterocycles. The van der Waals surface area contributed by atoms with E-state index in [0.29, 0.717) is 16.8 Å². The summed E-state index contributed by atoms with van der Waals surface area (Å²) < 4.78 is 1.60. The second-order valence-corrected chi connectivity index (χ2v) is 7.58. The van der Waals surface area contributed by atoms with E-state index >= 15 is 0 Å². The number of halogens is 1. The molecular formula is C19H24ClN5O. The molecule has 6 nitrogen and oxygen atoms in total. The van der Waals surface area contributed by atoms with E-state index in [1.807, 2.05) is 17.0 Å². The van der Waals surface area contributed by atoms with Gasteiger partial charge in [-0.2, -0.15) is 0 Å². The molecule has 0 radical (unpaired) electrons. The first kappa shape index (κ1) is 17.5. The SMILES string of the molecule is O=C(c1cn(-c2cccc(Cl)c2)nn1)N1CCC(N2CCCCC2)CC1. The van der Waals surface area contributed by atoms with Crippen LogP contribution in [0.2, 0.25) is 5.02 Å². The molecule has 0 saturated carbocycles. The summed E-state index contributed by atoms with van der Waals surface area (Å²) in [6, 6.07) is 7.97. The van der Waals surface area contributed by atoms with Gasteiger partial charge in [0.15, 0.2) is 5.69 Å². The average Bonchev–Trinajstić information content (AvgIpc) is 3.18. The third-order valence-corrected chi connectivity index (χ3v) is 5.68. The molecule has 2 aliphatic heterocycles. The van der Waals surface area contributed by atoms with E-state index in [-0.39, 0.29) is 5.91 Å². The predicted octanol–water partition coefficient (Wildman–Crippen LogP) is 3.01. The van der Waals surface area contributed by atoms with Crippen molar-refractivity contribution in [3.8, 4) is 5.69 Å². The fourth-order valence-electron chi connectivity index (χ4n) is 3.99. The van der Waals surface area contributed by atoms with E-state index in [2.05, 4.69) is 15.2 Å². The zero-order valence-electron chi connectivity index (χ0n) is 14.9. The standard InChI is InChI=1S/C19H24ClN5O/c20-15-5-4-6-17(13-15)25-14-18(21-22-25)19(26)24-11-7-16(8-12-24)23-9-2-1-3-10-23/h4-6,13-14,16H,1-3,7-12H2. The van der Waals surface area contributed by atoms with Crippen LogP contribution in [-0.4, -0.2) is 62.9 Å². The van der Waals surface area contributed by atoms with Gasteiger partial charge in [0.2, 0.25) is 0 Å². The number of hydrogen-bond donors (Lipinski definition) is 0. The molecule has 7 heteroatoms. The van der Waals surface area contributed by atoms with Gasteiger partial charge < -0.3 is 9.80 Å². The van der Waals surface area contributed by atoms with E-state index in [9.17, 15) is 4.79 Å². The van der Waals surface area contributed by atoms with Crippen molar-refractivity contribution in [3.63, 3.8) is 0 Å². The first-order valence-corrected chi connectivity index (χ1v) is 9.80. The van der Waals surface area contributed by atoms with Crippen LogP contribution in [0, 0.1) is 0 Å². The Morgan fingerprint density at radius 3 is 2.58 bits per heavy atom. The van der Waals surface area contributed by atoms with Crippen molar-refractivity contribution in [2.45, 2.75) is 38.1 Å². The lowest BCUT2D eigenvalue weighted by Crippen LogP contribution is -2.48. The first-order valence-electron chi connectivity index (χ1n) is 9.42. The molecule has 1 aromatic carbocycles. The Labute approximate surface area is 158 Å². The van der Waals surface area contributed by atoms with E-state index in [1.165, 1.54) is 32.4 Å². The van der Waals surface area contributed by atoms with Crippen LogP contribution in [0.5, 0.6) is 0 Å². The molecule has 0 bridgehead atoms. The van der Waals surface area contributed by atoms with Crippen LogP contribution < -0.4 is 0 Å². The van der Waals surface area contributed by atoms with Gasteiger partial charge in [0.1, 0.15) is 0 Å². The number of amides is 1. The van der Waals surface area contributed by atoms with E-state index in [4.69, 9.17) is 11.6 Å². The van der Waals surface area contributed by atoms with Gasteiger partial charge in [-0.3, -0.25) is 4.79 Å². The molecule has 3 heterocycles. The third-order valence-electron chi connectivity index (χ3n) is 5.44. The summed E-state index contributed by atoms with van der Waals surface area (Å²) in [5, 5.41) is 8.79. The molecule has 0 unspecified atom stereocenters. The molecule has 1 amide bonds. The number of aromatic nitrogens is 3. The predicted molar refractivity (Wildman–Crippen MR) is 101 cm³/mol. The Morgan fingerprint density at radius 1 is 1.08 bits per heavy atom. The maximum Gasteiger partial charge on any atom is 0.276 e. The third kappa shape index (κ3) is 3.76. The molecule has 2 aromatic rings. The van der Waals surface area contributed by atoms with Gasteiger partial charge in [-0.1, -0.05) is 29.3 Å². The fourth-order valence-corrected chi connectivity index (χ4v) is 4.17. The molecule has 2 aliphatic rings. The minimum atomic E-state index is -0.0321. The molecule has 0 aliphatic carbocycles. The first-order chi connectivity index (χ1) is 12.7. The van der Waals surface area contributed by atoms with Crippen molar-refractivity contribution < 1.29 is 4.79 Å². The Kier molecular flexibility index (Phi) is 5.22. The number of hydrogen-bond acceptors (Lipinski definition) is 4. The highest BCUT2D eigenvalue weighted by molar-refractivity contribution is 6.30. The second kappa shape index (κ2) is 7.76. The molecule has 2 fully saturated rings. The molecule has 0 N–H and O–H groups in total. The van der Waals surface area contributed by atoms with Crippen molar-refractivity contribution in [1.29, 1.82) is 0 Å². The zero-order valence-corrected chi connectivity index (χ0v) is 15.6. The van der Waals surface area contributed by atoms with Gasteiger partial charge in [-0.05, 0) is 57.0 Å². The van der Waals surface area contributed by atoms with Crippen LogP contribution in [0.1, 0.15) is 42.6 Å². The zero-order chi connectivity index (χ0) is 17.9. The maximum absolute atomic E-state index is 12.8. The topological polar surface area (TPSA) is 54.3 Å². The van der Waals surface area contributed by atoms with Crippen molar-refractivity contribution >= 4 is 17.5 Å². The van der Waals surface area contributed by atoms with Crippen molar-refractivity contribution in [2.75, 3.05) is 26.2 Å². The Hall–Kier alpha value is -1.92. The second-order valence-electron chi connectivity index (χ2n) is 7.15. The van der Waals surface area contributed by atoms with Gasteiger partial charge >= 0.3 is 0 Å². The number of likely N-dealkylation sites (tertiary alicyclic amines) is 2. The lowest BCUT2D eigenvalue weighted by Gasteiger charge is -2.40. The summed E-state index contributed by atoms with van der Waals surface area (Å²) in [5.74, 6) is -0.0321. The highest BCUT2D eigenvalue weighted by atomic mass is 35.5. The van der Waals surface area contributed by atoms with Crippen LogP contribution in [0.4, 0.5) is 0 Å². The summed E-state index contributed by atoms with van der Waals surface area (Å²) >= 11 is 6.02. The normalized spacial score (nSPS) is 19.7. The van der Waals surface area contributed by atoms with Crippen LogP contribution in [-0.2, 0) is 0 Å². The average molecular weight is 374 g/mol. The lowest BCUT2D eigenvalue weighted by atomic mass is 10.00. The summed E-state index contributed by atoms with van der Waals surface area (Å²) in [7, 11) is 0. The number of piperidine rings is 2. The van der Waals surface area contributed by atoms with Crippen molar-refractivity contribution in [1.82, 2.24) is 24.8 Å². The maximum atomic E-state index is 12.8. The quantitative estimate of drug-likeness (QED) is 0.829. The smallest absolute Gasteiger partial charge is 0.276 e. The highest BCUT2D eigenvalue weighted by Gasteiger charge is 2.29. The number of carbonyl (C=O) groups excluding carboxylic acids is 1. The number of carbonyl (C=O) groups is 1. The van der Waals surface area contributed by atoms with Gasteiger partial charge in [0.25, 0.3) is 5.91 Å². The van der Waals surface area contributed by atoms with Crippen molar-refractivity contribution in [2.24, 2.45) is 0 Å². The van der Waals surface area contributed by atoms with Gasteiger partial charge in [-0.25, -0.2) is 4.68 Å². The van der Waals surface area contributed by atoms with Gasteiger partial charge in [0, 0.05) is 24.2 Å². The summed E-state index contributed by atoms with van der Waals surface area (Å²) in [6.45, 7) is 4.02. The highest BCUT2D eigenvalue weighted by Crippen LogP contribution is 2.22. The molecule has 138 valence electrons. The molecular weight excluding hydrogens is 350 g/mol. The Bertz CT molecular complexity index is 763. The number of nitrogens with zero attached hydrogens (tertiary/aromatic N) is 5. The molecule has 0 spiro atoms. The summed E-state index contributed by atoms with van der Waals surface area (Å²) in [6.07, 6.45) is 7.76. The summed E-state index contributed by atoms with van der Waals surface area (Å²) in [4.78, 5) is 17.3. The molecule has 1 aromatic heterocycles. The van der Waals surface area contributed by atoms with Gasteiger partial charge in [-0.15, -0.1) is 5.10 Å². The fraction of sp³-hybridized carbons (Fsp3) is 0.526. The van der Waals surface area contributed by atoms with Gasteiger partial charge in [0.05, 0.1) is 11.9 Å². The van der Waals surface area contributed by atoms with E-state index < -0.39 is 0 Å². The largest absolute Gasteiger partial charge is 0.337 e. The minimum Gasteiger partial charge on any atom is -0.337 e. The monoisotopic (exact) mass is 373 g/mol. The molecule has 0 atom stereocenters. The van der Waals surface area contributed by atoms with Crippen LogP contribution in [0.15, 0.2) is 30.5 Å². The minimum absolute atomic E-state index is 0.0321. The van der Waals surface area contributed by atoms with E-state index in [1.54, 1.807) is 23.0 Å². The number of benzene rings is 1. The molecule has 4 rings (SSSR count). The summed E-state index contributed by atoms with van der Waals surface area (Å²) in [5.41, 5.74) is 1.19. The van der Waals surface area contributed by atoms with Crippen LogP contribution in [0.25, 0.3) is 5.69 Å². The Morgan fingerprint density at radius 2 is 1.85 bits per heavy atom. The molecule has 26 heavy (non-hydrogen) atoms. The van der Waals surface area contributed by atoms with E-state index in [0.717, 1.165) is 31.6 Å². The lowest BCUT2D eigenvalue weighted by molar-refractivity contribution is 0.0584. The van der Waals surface area contributed by atoms with Crippen molar-refractivity contribution in [3.05, 3.63) is 41.2 Å². The Balaban J connectivity index is 1.38. The number of rotatable bonds is 3. The van der Waals surface area contributed by atoms with Crippen LogP contribution in [0.3, 0.4) is 0 Å².